The molecule has 0 aliphatic rings. The van der Waals surface area contributed by atoms with Gasteiger partial charge in [-0.15, -0.1) is 10.2 Å². The van der Waals surface area contributed by atoms with Crippen molar-refractivity contribution in [2.24, 2.45) is 12.0 Å². The van der Waals surface area contributed by atoms with Crippen molar-refractivity contribution in [3.05, 3.63) is 47.2 Å². The maximum atomic E-state index is 4.63. The molecule has 0 unspecified atom stereocenters. The number of nitrogens with zero attached hydrogens (tertiary/aromatic N) is 4. The molecule has 0 saturated heterocycles. The number of nitrogens with one attached hydrogen (secondary N) is 3. The molecule has 0 atom stereocenters. The summed E-state index contributed by atoms with van der Waals surface area (Å²) in [7, 11) is 1.96. The molecule has 1 aromatic carbocycles. The first-order chi connectivity index (χ1) is 13.1. The minimum atomic E-state index is 0.500. The maximum Gasteiger partial charge on any atom is 0.191 e. The van der Waals surface area contributed by atoms with E-state index in [0.717, 1.165) is 43.5 Å². The van der Waals surface area contributed by atoms with Crippen LogP contribution in [0.25, 0.3) is 10.9 Å². The van der Waals surface area contributed by atoms with Gasteiger partial charge >= 0.3 is 0 Å². The summed E-state index contributed by atoms with van der Waals surface area (Å²) in [6, 6.07) is 6.52. The standard InChI is InChI=1S/C20H29N7/c1-5-15-8-7-9-17-16(12-23-19(15)17)10-11-22-20(21-6-2)24-13-18-26-25-14(3)27(18)4/h7-9,12,23H,5-6,10-11,13H2,1-4H3,(H2,21,22,24). The van der Waals surface area contributed by atoms with Gasteiger partial charge in [0.25, 0.3) is 0 Å². The van der Waals surface area contributed by atoms with Crippen molar-refractivity contribution in [2.45, 2.75) is 40.2 Å². The number of fused-ring (bicyclic) bond motifs is 1. The number of aromatic amines is 1. The van der Waals surface area contributed by atoms with Gasteiger partial charge in [-0.3, -0.25) is 0 Å². The molecule has 0 saturated carbocycles. The summed E-state index contributed by atoms with van der Waals surface area (Å²) in [5.41, 5.74) is 3.95. The molecule has 3 rings (SSSR count). The molecule has 3 aromatic rings. The Balaban J connectivity index is 1.63. The van der Waals surface area contributed by atoms with Gasteiger partial charge in [-0.25, -0.2) is 4.99 Å². The maximum absolute atomic E-state index is 4.63. The normalized spacial score (nSPS) is 11.9. The van der Waals surface area contributed by atoms with Gasteiger partial charge in [0.15, 0.2) is 11.8 Å². The van der Waals surface area contributed by atoms with E-state index in [1.165, 1.54) is 22.0 Å². The SMILES string of the molecule is CCNC(=NCc1nnc(C)n1C)NCCc1c[nH]c2c(CC)cccc12. The summed E-state index contributed by atoms with van der Waals surface area (Å²) in [6.45, 7) is 8.32. The van der Waals surface area contributed by atoms with Crippen molar-refractivity contribution >= 4 is 16.9 Å². The minimum Gasteiger partial charge on any atom is -0.361 e. The number of aliphatic imine (C=N–C) groups is 1. The van der Waals surface area contributed by atoms with Crippen LogP contribution in [0.2, 0.25) is 0 Å². The molecular weight excluding hydrogens is 338 g/mol. The average Bonchev–Trinajstić information content (AvgIpc) is 3.23. The van der Waals surface area contributed by atoms with E-state index in [2.05, 4.69) is 69.1 Å². The van der Waals surface area contributed by atoms with E-state index in [9.17, 15) is 0 Å². The number of aromatic nitrogens is 4. The average molecular weight is 368 g/mol. The van der Waals surface area contributed by atoms with Crippen LogP contribution in [0.1, 0.15) is 36.6 Å². The van der Waals surface area contributed by atoms with E-state index in [-0.39, 0.29) is 0 Å². The zero-order valence-corrected chi connectivity index (χ0v) is 16.6. The molecule has 144 valence electrons. The molecule has 2 aromatic heterocycles. The monoisotopic (exact) mass is 367 g/mol. The molecule has 27 heavy (non-hydrogen) atoms. The second-order valence-corrected chi connectivity index (χ2v) is 6.60. The quantitative estimate of drug-likeness (QED) is 0.442. The fraction of sp³-hybridized carbons (Fsp3) is 0.450. The largest absolute Gasteiger partial charge is 0.361 e. The molecule has 0 spiro atoms. The van der Waals surface area contributed by atoms with E-state index in [4.69, 9.17) is 0 Å². The highest BCUT2D eigenvalue weighted by molar-refractivity contribution is 5.86. The first kappa shape index (κ1) is 18.9. The summed E-state index contributed by atoms with van der Waals surface area (Å²) < 4.78 is 1.96. The molecule has 2 heterocycles. The van der Waals surface area contributed by atoms with E-state index < -0.39 is 0 Å². The summed E-state index contributed by atoms with van der Waals surface area (Å²) in [4.78, 5) is 8.06. The third-order valence-corrected chi connectivity index (χ3v) is 4.86. The van der Waals surface area contributed by atoms with E-state index in [1.807, 2.05) is 18.5 Å². The number of para-hydroxylation sites is 1. The Morgan fingerprint density at radius 3 is 2.74 bits per heavy atom. The lowest BCUT2D eigenvalue weighted by Gasteiger charge is -2.11. The topological polar surface area (TPSA) is 82.9 Å². The predicted molar refractivity (Wildman–Crippen MR) is 110 cm³/mol. The van der Waals surface area contributed by atoms with Gasteiger partial charge < -0.3 is 20.2 Å². The van der Waals surface area contributed by atoms with Gasteiger partial charge in [0.05, 0.1) is 0 Å². The van der Waals surface area contributed by atoms with Crippen LogP contribution in [0.5, 0.6) is 0 Å². The third-order valence-electron chi connectivity index (χ3n) is 4.86. The summed E-state index contributed by atoms with van der Waals surface area (Å²) >= 11 is 0. The number of hydrogen-bond donors (Lipinski definition) is 3. The minimum absolute atomic E-state index is 0.500. The van der Waals surface area contributed by atoms with Gasteiger partial charge in [0, 0.05) is 37.2 Å². The fourth-order valence-corrected chi connectivity index (χ4v) is 3.17. The van der Waals surface area contributed by atoms with Crippen LogP contribution in [0, 0.1) is 6.92 Å². The number of aryl methyl sites for hydroxylation is 2. The van der Waals surface area contributed by atoms with Crippen LogP contribution < -0.4 is 10.6 Å². The predicted octanol–water partition coefficient (Wildman–Crippen LogP) is 2.47. The summed E-state index contributed by atoms with van der Waals surface area (Å²) in [5, 5.41) is 16.3. The second kappa shape index (κ2) is 8.70. The van der Waals surface area contributed by atoms with Crippen molar-refractivity contribution in [3.63, 3.8) is 0 Å². The van der Waals surface area contributed by atoms with Gasteiger partial charge in [-0.2, -0.15) is 0 Å². The lowest BCUT2D eigenvalue weighted by molar-refractivity contribution is 0.754. The third kappa shape index (κ3) is 4.30. The van der Waals surface area contributed by atoms with Crippen LogP contribution in [-0.2, 0) is 26.4 Å². The van der Waals surface area contributed by atoms with E-state index in [0.29, 0.717) is 6.54 Å². The Morgan fingerprint density at radius 2 is 2.04 bits per heavy atom. The molecule has 0 aliphatic carbocycles. The zero-order chi connectivity index (χ0) is 19.2. The summed E-state index contributed by atoms with van der Waals surface area (Å²) in [5.74, 6) is 2.55. The first-order valence-corrected chi connectivity index (χ1v) is 9.58. The lowest BCUT2D eigenvalue weighted by Crippen LogP contribution is -2.38. The van der Waals surface area contributed by atoms with Crippen molar-refractivity contribution in [1.29, 1.82) is 0 Å². The number of rotatable bonds is 7. The Bertz CT molecular complexity index is 920. The number of hydrogen-bond acceptors (Lipinski definition) is 3. The smallest absolute Gasteiger partial charge is 0.191 e. The van der Waals surface area contributed by atoms with Gasteiger partial charge in [-0.1, -0.05) is 25.1 Å². The van der Waals surface area contributed by atoms with E-state index in [1.54, 1.807) is 0 Å². The molecular formula is C20H29N7. The molecule has 3 N–H and O–H groups in total. The highest BCUT2D eigenvalue weighted by Crippen LogP contribution is 2.22. The Labute approximate surface area is 160 Å². The van der Waals surface area contributed by atoms with E-state index >= 15 is 0 Å². The van der Waals surface area contributed by atoms with Crippen molar-refractivity contribution in [2.75, 3.05) is 13.1 Å². The highest BCUT2D eigenvalue weighted by Gasteiger charge is 2.08. The molecule has 0 aliphatic heterocycles. The van der Waals surface area contributed by atoms with Crippen molar-refractivity contribution in [1.82, 2.24) is 30.4 Å². The molecule has 0 amide bonds. The molecule has 7 nitrogen and oxygen atoms in total. The second-order valence-electron chi connectivity index (χ2n) is 6.60. The van der Waals surface area contributed by atoms with Crippen LogP contribution in [0.4, 0.5) is 0 Å². The van der Waals surface area contributed by atoms with Crippen LogP contribution in [0.15, 0.2) is 29.4 Å². The molecule has 0 fully saturated rings. The van der Waals surface area contributed by atoms with Crippen LogP contribution in [0.3, 0.4) is 0 Å². The molecule has 0 radical (unpaired) electrons. The number of H-pyrrole nitrogens is 1. The van der Waals surface area contributed by atoms with Gasteiger partial charge in [-0.05, 0) is 37.8 Å². The van der Waals surface area contributed by atoms with Crippen molar-refractivity contribution < 1.29 is 0 Å². The number of guanidine groups is 1. The number of benzene rings is 1. The van der Waals surface area contributed by atoms with Gasteiger partial charge in [0.2, 0.25) is 0 Å². The van der Waals surface area contributed by atoms with Gasteiger partial charge in [0.1, 0.15) is 12.4 Å². The first-order valence-electron chi connectivity index (χ1n) is 9.58. The molecule has 7 heteroatoms. The van der Waals surface area contributed by atoms with Crippen molar-refractivity contribution in [3.8, 4) is 0 Å². The van der Waals surface area contributed by atoms with Crippen LogP contribution >= 0.6 is 0 Å². The lowest BCUT2D eigenvalue weighted by atomic mass is 10.1. The zero-order valence-electron chi connectivity index (χ0n) is 16.6. The highest BCUT2D eigenvalue weighted by atomic mass is 15.3. The fourth-order valence-electron chi connectivity index (χ4n) is 3.17. The Morgan fingerprint density at radius 1 is 1.19 bits per heavy atom. The summed E-state index contributed by atoms with van der Waals surface area (Å²) in [6.07, 6.45) is 4.09. The molecule has 0 bridgehead atoms. The Hall–Kier alpha value is -2.83. The Kier molecular flexibility index (Phi) is 6.11. The van der Waals surface area contributed by atoms with Crippen LogP contribution in [-0.4, -0.2) is 38.8 Å².